The van der Waals surface area contributed by atoms with Crippen molar-refractivity contribution in [2.75, 3.05) is 6.54 Å². The molecule has 3 atom stereocenters. The zero-order valence-electron chi connectivity index (χ0n) is 9.96. The molecule has 1 saturated carbocycles. The monoisotopic (exact) mass is 212 g/mol. The fourth-order valence-electron chi connectivity index (χ4n) is 2.19. The van der Waals surface area contributed by atoms with Crippen molar-refractivity contribution in [1.82, 2.24) is 5.32 Å². The molecule has 1 amide bonds. The van der Waals surface area contributed by atoms with E-state index < -0.39 is 0 Å². The second-order valence-corrected chi connectivity index (χ2v) is 4.80. The number of amides is 1. The van der Waals surface area contributed by atoms with Crippen molar-refractivity contribution in [2.45, 2.75) is 52.0 Å². The first-order valence-electron chi connectivity index (χ1n) is 6.18. The molecule has 0 aromatic heterocycles. The van der Waals surface area contributed by atoms with E-state index in [2.05, 4.69) is 19.2 Å². The third-order valence-corrected chi connectivity index (χ3v) is 3.44. The van der Waals surface area contributed by atoms with Crippen LogP contribution in [-0.2, 0) is 4.79 Å². The molecule has 0 saturated heterocycles. The van der Waals surface area contributed by atoms with Crippen LogP contribution in [0.25, 0.3) is 0 Å². The van der Waals surface area contributed by atoms with Crippen molar-refractivity contribution >= 4 is 5.91 Å². The van der Waals surface area contributed by atoms with Crippen LogP contribution < -0.4 is 11.1 Å². The summed E-state index contributed by atoms with van der Waals surface area (Å²) in [5.41, 5.74) is 5.93. The predicted molar refractivity (Wildman–Crippen MR) is 62.4 cm³/mol. The Morgan fingerprint density at radius 1 is 1.47 bits per heavy atom. The Hall–Kier alpha value is -0.570. The fraction of sp³-hybridized carbons (Fsp3) is 0.917. The van der Waals surface area contributed by atoms with Gasteiger partial charge in [0, 0.05) is 18.5 Å². The van der Waals surface area contributed by atoms with Gasteiger partial charge in [0.1, 0.15) is 0 Å². The van der Waals surface area contributed by atoms with Gasteiger partial charge in [0.15, 0.2) is 0 Å². The van der Waals surface area contributed by atoms with Crippen molar-refractivity contribution < 1.29 is 4.79 Å². The van der Waals surface area contributed by atoms with Crippen LogP contribution in [-0.4, -0.2) is 18.5 Å². The molecule has 88 valence electrons. The maximum atomic E-state index is 11.8. The van der Waals surface area contributed by atoms with E-state index in [0.717, 1.165) is 38.6 Å². The van der Waals surface area contributed by atoms with Gasteiger partial charge in [0.25, 0.3) is 0 Å². The van der Waals surface area contributed by atoms with E-state index in [9.17, 15) is 4.79 Å². The molecule has 1 aliphatic carbocycles. The van der Waals surface area contributed by atoms with E-state index >= 15 is 0 Å². The lowest BCUT2D eigenvalue weighted by Crippen LogP contribution is -2.40. The largest absolute Gasteiger partial charge is 0.356 e. The second kappa shape index (κ2) is 6.11. The van der Waals surface area contributed by atoms with Gasteiger partial charge in [-0.3, -0.25) is 4.79 Å². The van der Waals surface area contributed by atoms with Crippen LogP contribution in [0, 0.1) is 11.8 Å². The Bertz CT molecular complexity index is 206. The van der Waals surface area contributed by atoms with Crippen molar-refractivity contribution in [2.24, 2.45) is 17.6 Å². The number of unbranched alkanes of at least 4 members (excludes halogenated alkanes) is 1. The van der Waals surface area contributed by atoms with E-state index in [0.29, 0.717) is 12.0 Å². The molecule has 0 aromatic rings. The minimum atomic E-state index is 0.205. The number of carbonyl (C=O) groups is 1. The topological polar surface area (TPSA) is 55.1 Å². The van der Waals surface area contributed by atoms with E-state index in [4.69, 9.17) is 5.73 Å². The third kappa shape index (κ3) is 3.82. The Balaban J connectivity index is 2.28. The summed E-state index contributed by atoms with van der Waals surface area (Å²) in [6.07, 6.45) is 5.12. The van der Waals surface area contributed by atoms with Crippen molar-refractivity contribution in [3.05, 3.63) is 0 Å². The summed E-state index contributed by atoms with van der Waals surface area (Å²) in [6, 6.07) is 0.296. The quantitative estimate of drug-likeness (QED) is 0.696. The Labute approximate surface area is 92.8 Å². The number of hydrogen-bond acceptors (Lipinski definition) is 2. The van der Waals surface area contributed by atoms with Crippen molar-refractivity contribution in [1.29, 1.82) is 0 Å². The minimum Gasteiger partial charge on any atom is -0.356 e. The number of nitrogens with two attached hydrogens (primary N) is 1. The predicted octanol–water partition coefficient (Wildman–Crippen LogP) is 1.67. The maximum absolute atomic E-state index is 11.8. The number of nitrogens with one attached hydrogen (secondary N) is 1. The van der Waals surface area contributed by atoms with Gasteiger partial charge < -0.3 is 11.1 Å². The lowest BCUT2D eigenvalue weighted by Gasteiger charge is -2.31. The molecule has 15 heavy (non-hydrogen) atoms. The highest BCUT2D eigenvalue weighted by molar-refractivity contribution is 5.78. The molecule has 0 heterocycles. The van der Waals surface area contributed by atoms with Crippen LogP contribution in [0.15, 0.2) is 0 Å². The average Bonchev–Trinajstić information content (AvgIpc) is 2.22. The highest BCUT2D eigenvalue weighted by atomic mass is 16.1. The summed E-state index contributed by atoms with van der Waals surface area (Å²) in [6.45, 7) is 5.11. The molecule has 3 unspecified atom stereocenters. The average molecular weight is 212 g/mol. The normalized spacial score (nSPS) is 31.3. The standard InChI is InChI=1S/C12H24N2O/c1-3-4-7-14-12(15)10-5-6-11(13)9(2)8-10/h9-11H,3-8,13H2,1-2H3,(H,14,15). The number of carbonyl (C=O) groups excluding carboxylic acids is 1. The van der Waals surface area contributed by atoms with Gasteiger partial charge in [-0.2, -0.15) is 0 Å². The molecule has 3 heteroatoms. The van der Waals surface area contributed by atoms with E-state index in [-0.39, 0.29) is 11.8 Å². The molecule has 0 bridgehead atoms. The van der Waals surface area contributed by atoms with E-state index in [1.807, 2.05) is 0 Å². The zero-order chi connectivity index (χ0) is 11.3. The molecule has 1 aliphatic rings. The van der Waals surface area contributed by atoms with Gasteiger partial charge in [0.05, 0.1) is 0 Å². The van der Waals surface area contributed by atoms with Crippen LogP contribution in [0.5, 0.6) is 0 Å². The summed E-state index contributed by atoms with van der Waals surface area (Å²) < 4.78 is 0. The van der Waals surface area contributed by atoms with Gasteiger partial charge >= 0.3 is 0 Å². The lowest BCUT2D eigenvalue weighted by atomic mass is 9.79. The molecule has 3 nitrogen and oxygen atoms in total. The highest BCUT2D eigenvalue weighted by Gasteiger charge is 2.28. The van der Waals surface area contributed by atoms with Crippen LogP contribution in [0.1, 0.15) is 46.0 Å². The van der Waals surface area contributed by atoms with Crippen LogP contribution >= 0.6 is 0 Å². The molecule has 0 aromatic carbocycles. The fourth-order valence-corrected chi connectivity index (χ4v) is 2.19. The first-order chi connectivity index (χ1) is 7.15. The Kier molecular flexibility index (Phi) is 5.09. The van der Waals surface area contributed by atoms with E-state index in [1.54, 1.807) is 0 Å². The summed E-state index contributed by atoms with van der Waals surface area (Å²) in [5.74, 6) is 0.930. The van der Waals surface area contributed by atoms with Crippen LogP contribution in [0.3, 0.4) is 0 Å². The lowest BCUT2D eigenvalue weighted by molar-refractivity contribution is -0.126. The molecular formula is C12H24N2O. The second-order valence-electron chi connectivity index (χ2n) is 4.80. The molecule has 3 N–H and O–H groups in total. The van der Waals surface area contributed by atoms with Gasteiger partial charge in [-0.15, -0.1) is 0 Å². The van der Waals surface area contributed by atoms with Gasteiger partial charge in [-0.05, 0) is 31.6 Å². The number of rotatable bonds is 4. The molecule has 1 rings (SSSR count). The third-order valence-electron chi connectivity index (χ3n) is 3.44. The summed E-state index contributed by atoms with van der Waals surface area (Å²) in [5, 5.41) is 3.01. The maximum Gasteiger partial charge on any atom is 0.223 e. The summed E-state index contributed by atoms with van der Waals surface area (Å²) in [7, 11) is 0. The molecule has 0 aliphatic heterocycles. The first-order valence-corrected chi connectivity index (χ1v) is 6.18. The zero-order valence-corrected chi connectivity index (χ0v) is 9.96. The Morgan fingerprint density at radius 3 is 2.80 bits per heavy atom. The molecule has 0 spiro atoms. The molecule has 0 radical (unpaired) electrons. The highest BCUT2D eigenvalue weighted by Crippen LogP contribution is 2.27. The van der Waals surface area contributed by atoms with Crippen LogP contribution in [0.2, 0.25) is 0 Å². The van der Waals surface area contributed by atoms with Gasteiger partial charge in [0.2, 0.25) is 5.91 Å². The summed E-state index contributed by atoms with van der Waals surface area (Å²) in [4.78, 5) is 11.8. The molecular weight excluding hydrogens is 188 g/mol. The van der Waals surface area contributed by atoms with Crippen LogP contribution in [0.4, 0.5) is 0 Å². The van der Waals surface area contributed by atoms with Crippen molar-refractivity contribution in [3.8, 4) is 0 Å². The van der Waals surface area contributed by atoms with Gasteiger partial charge in [-0.1, -0.05) is 20.3 Å². The van der Waals surface area contributed by atoms with Crippen molar-refractivity contribution in [3.63, 3.8) is 0 Å². The molecule has 1 fully saturated rings. The SMILES string of the molecule is CCCCNC(=O)C1CCC(N)C(C)C1. The smallest absolute Gasteiger partial charge is 0.223 e. The Morgan fingerprint density at radius 2 is 2.20 bits per heavy atom. The minimum absolute atomic E-state index is 0.205. The first kappa shape index (κ1) is 12.5. The van der Waals surface area contributed by atoms with Gasteiger partial charge in [-0.25, -0.2) is 0 Å². The number of hydrogen-bond donors (Lipinski definition) is 2. The summed E-state index contributed by atoms with van der Waals surface area (Å²) >= 11 is 0. The van der Waals surface area contributed by atoms with E-state index in [1.165, 1.54) is 0 Å².